The summed E-state index contributed by atoms with van der Waals surface area (Å²) in [5.74, 6) is -0.269. The molecule has 0 aromatic heterocycles. The van der Waals surface area contributed by atoms with Crippen LogP contribution >= 0.6 is 12.2 Å². The minimum Gasteiger partial charge on any atom is -0.393 e. The van der Waals surface area contributed by atoms with E-state index in [0.29, 0.717) is 6.04 Å². The molecule has 1 fully saturated rings. The van der Waals surface area contributed by atoms with Gasteiger partial charge in [0.25, 0.3) is 0 Å². The van der Waals surface area contributed by atoms with E-state index in [1.165, 1.54) is 0 Å². The normalized spacial score (nSPS) is 24.2. The molecule has 0 bridgehead atoms. The Morgan fingerprint density at radius 1 is 1.56 bits per heavy atom. The zero-order valence-corrected chi connectivity index (χ0v) is 11.1. The van der Waals surface area contributed by atoms with Gasteiger partial charge in [0.15, 0.2) is 0 Å². The fraction of sp³-hybridized carbons (Fsp3) is 0.818. The summed E-state index contributed by atoms with van der Waals surface area (Å²) in [6.07, 6.45) is 1.06. The Morgan fingerprint density at radius 3 is 2.69 bits per heavy atom. The summed E-state index contributed by atoms with van der Waals surface area (Å²) in [6.45, 7) is 6.42. The van der Waals surface area contributed by atoms with Crippen LogP contribution in [0, 0.1) is 5.92 Å². The van der Waals surface area contributed by atoms with E-state index >= 15 is 0 Å². The average molecular weight is 243 g/mol. The van der Waals surface area contributed by atoms with Gasteiger partial charge < -0.3 is 10.6 Å². The third-order valence-corrected chi connectivity index (χ3v) is 3.71. The Morgan fingerprint density at radius 2 is 2.19 bits per heavy atom. The van der Waals surface area contributed by atoms with E-state index in [0.717, 1.165) is 26.1 Å². The van der Waals surface area contributed by atoms with Crippen molar-refractivity contribution < 1.29 is 4.79 Å². The van der Waals surface area contributed by atoms with Gasteiger partial charge in [-0.2, -0.15) is 0 Å². The Hall–Kier alpha value is -0.680. The van der Waals surface area contributed by atoms with Crippen LogP contribution in [-0.2, 0) is 4.79 Å². The average Bonchev–Trinajstić information content (AvgIpc) is 2.27. The second kappa shape index (κ2) is 5.59. The lowest BCUT2D eigenvalue weighted by atomic mass is 10.1. The molecule has 0 aromatic carbocycles. The molecule has 5 heteroatoms. The van der Waals surface area contributed by atoms with Crippen LogP contribution in [0.4, 0.5) is 0 Å². The highest BCUT2D eigenvalue weighted by molar-refractivity contribution is 7.80. The molecule has 0 radical (unpaired) electrons. The van der Waals surface area contributed by atoms with Crippen molar-refractivity contribution in [3.63, 3.8) is 0 Å². The maximum Gasteiger partial charge on any atom is 0.232 e. The van der Waals surface area contributed by atoms with Crippen molar-refractivity contribution in [3.8, 4) is 0 Å². The van der Waals surface area contributed by atoms with Crippen LogP contribution < -0.4 is 5.73 Å². The first-order chi connectivity index (χ1) is 7.47. The number of hydrogen-bond acceptors (Lipinski definition) is 3. The maximum atomic E-state index is 12.0. The first kappa shape index (κ1) is 13.4. The van der Waals surface area contributed by atoms with Crippen molar-refractivity contribution in [1.29, 1.82) is 0 Å². The van der Waals surface area contributed by atoms with Crippen LogP contribution in [0.2, 0.25) is 0 Å². The number of thiocarbonyl (C=S) groups is 1. The van der Waals surface area contributed by atoms with Gasteiger partial charge in [-0.1, -0.05) is 19.1 Å². The van der Waals surface area contributed by atoms with E-state index in [2.05, 4.69) is 18.9 Å². The zero-order chi connectivity index (χ0) is 12.3. The van der Waals surface area contributed by atoms with E-state index < -0.39 is 0 Å². The molecule has 2 unspecified atom stereocenters. The van der Waals surface area contributed by atoms with Gasteiger partial charge in [0.05, 0.1) is 10.9 Å². The van der Waals surface area contributed by atoms with E-state index in [9.17, 15) is 4.79 Å². The lowest BCUT2D eigenvalue weighted by Gasteiger charge is -2.40. The predicted octanol–water partition coefficient (Wildman–Crippen LogP) is 0.461. The third-order valence-electron chi connectivity index (χ3n) is 3.36. The smallest absolute Gasteiger partial charge is 0.232 e. The summed E-state index contributed by atoms with van der Waals surface area (Å²) < 4.78 is 0. The fourth-order valence-electron chi connectivity index (χ4n) is 1.98. The highest BCUT2D eigenvalue weighted by atomic mass is 32.1. The van der Waals surface area contributed by atoms with Crippen molar-refractivity contribution in [2.45, 2.75) is 26.3 Å². The Balaban J connectivity index is 2.61. The van der Waals surface area contributed by atoms with Crippen LogP contribution in [0.25, 0.3) is 0 Å². The first-order valence-electron chi connectivity index (χ1n) is 5.75. The Labute approximate surface area is 103 Å². The maximum absolute atomic E-state index is 12.0. The zero-order valence-electron chi connectivity index (χ0n) is 10.3. The summed E-state index contributed by atoms with van der Waals surface area (Å²) in [4.78, 5) is 16.5. The molecule has 4 nitrogen and oxygen atoms in total. The molecule has 0 aliphatic carbocycles. The molecule has 16 heavy (non-hydrogen) atoms. The Bertz CT molecular complexity index is 282. The monoisotopic (exact) mass is 243 g/mol. The summed E-state index contributed by atoms with van der Waals surface area (Å²) in [5.41, 5.74) is 5.51. The molecular formula is C11H21N3OS. The highest BCUT2D eigenvalue weighted by Crippen LogP contribution is 2.13. The van der Waals surface area contributed by atoms with Gasteiger partial charge >= 0.3 is 0 Å². The molecule has 1 amide bonds. The molecule has 92 valence electrons. The van der Waals surface area contributed by atoms with Gasteiger partial charge in [0, 0.05) is 25.7 Å². The van der Waals surface area contributed by atoms with Crippen LogP contribution in [0.1, 0.15) is 20.3 Å². The van der Waals surface area contributed by atoms with Gasteiger partial charge in [-0.3, -0.25) is 9.69 Å². The van der Waals surface area contributed by atoms with Gasteiger partial charge in [-0.25, -0.2) is 0 Å². The molecular weight excluding hydrogens is 222 g/mol. The van der Waals surface area contributed by atoms with E-state index in [1.807, 2.05) is 4.90 Å². The molecule has 2 atom stereocenters. The largest absolute Gasteiger partial charge is 0.393 e. The lowest BCUT2D eigenvalue weighted by Crippen LogP contribution is -2.54. The SMILES string of the molecule is CCC1CN(C(=O)C(C)C(N)=S)CCN1C. The second-order valence-corrected chi connectivity index (χ2v) is 4.92. The standard InChI is InChI=1S/C11H21N3OS/c1-4-9-7-14(6-5-13(9)3)11(15)8(2)10(12)16/h8-9H,4-7H2,1-3H3,(H2,12,16). The minimum absolute atomic E-state index is 0.0686. The molecule has 2 N–H and O–H groups in total. The van der Waals surface area contributed by atoms with Crippen molar-refractivity contribution in [2.24, 2.45) is 11.7 Å². The van der Waals surface area contributed by atoms with E-state index in [1.54, 1.807) is 6.92 Å². The quantitative estimate of drug-likeness (QED) is 0.732. The van der Waals surface area contributed by atoms with Crippen molar-refractivity contribution in [3.05, 3.63) is 0 Å². The number of rotatable bonds is 3. The summed E-state index contributed by atoms with van der Waals surface area (Å²) >= 11 is 4.86. The van der Waals surface area contributed by atoms with Gasteiger partial charge in [-0.05, 0) is 20.4 Å². The summed E-state index contributed by atoms with van der Waals surface area (Å²) in [5, 5.41) is 0. The molecule has 1 heterocycles. The molecule has 1 saturated heterocycles. The number of carbonyl (C=O) groups excluding carboxylic acids is 1. The van der Waals surface area contributed by atoms with Gasteiger partial charge in [0.2, 0.25) is 5.91 Å². The number of hydrogen-bond donors (Lipinski definition) is 1. The van der Waals surface area contributed by atoms with Crippen LogP contribution in [0.3, 0.4) is 0 Å². The molecule has 1 aliphatic heterocycles. The minimum atomic E-state index is -0.337. The topological polar surface area (TPSA) is 49.6 Å². The predicted molar refractivity (Wildman–Crippen MR) is 69.2 cm³/mol. The summed E-state index contributed by atoms with van der Waals surface area (Å²) in [7, 11) is 2.10. The molecule has 0 spiro atoms. The van der Waals surface area contributed by atoms with E-state index in [-0.39, 0.29) is 16.8 Å². The van der Waals surface area contributed by atoms with Crippen LogP contribution in [-0.4, -0.2) is 53.4 Å². The van der Waals surface area contributed by atoms with Gasteiger partial charge in [0.1, 0.15) is 0 Å². The van der Waals surface area contributed by atoms with Crippen molar-refractivity contribution in [1.82, 2.24) is 9.80 Å². The fourth-order valence-corrected chi connectivity index (χ4v) is 2.08. The van der Waals surface area contributed by atoms with Crippen LogP contribution in [0.15, 0.2) is 0 Å². The number of piperazine rings is 1. The number of likely N-dealkylation sites (N-methyl/N-ethyl adjacent to an activating group) is 1. The lowest BCUT2D eigenvalue weighted by molar-refractivity contribution is -0.135. The Kier molecular flexibility index (Phi) is 4.68. The highest BCUT2D eigenvalue weighted by Gasteiger charge is 2.29. The van der Waals surface area contributed by atoms with Gasteiger partial charge in [-0.15, -0.1) is 0 Å². The summed E-state index contributed by atoms with van der Waals surface area (Å²) in [6, 6.07) is 0.455. The number of nitrogens with zero attached hydrogens (tertiary/aromatic N) is 2. The second-order valence-electron chi connectivity index (χ2n) is 4.45. The van der Waals surface area contributed by atoms with Crippen LogP contribution in [0.5, 0.6) is 0 Å². The molecule has 1 rings (SSSR count). The number of nitrogens with two attached hydrogens (primary N) is 1. The van der Waals surface area contributed by atoms with E-state index in [4.69, 9.17) is 18.0 Å². The molecule has 0 aromatic rings. The van der Waals surface area contributed by atoms with Crippen molar-refractivity contribution in [2.75, 3.05) is 26.7 Å². The molecule has 1 aliphatic rings. The third kappa shape index (κ3) is 2.92. The number of carbonyl (C=O) groups is 1. The first-order valence-corrected chi connectivity index (χ1v) is 6.16. The molecule has 0 saturated carbocycles. The number of amides is 1. The van der Waals surface area contributed by atoms with Crippen molar-refractivity contribution >= 4 is 23.1 Å².